The largest absolute Gasteiger partial charge is 0.357 e. The van der Waals surface area contributed by atoms with Gasteiger partial charge in [0.25, 0.3) is 0 Å². The number of rotatable bonds is 2. The van der Waals surface area contributed by atoms with Crippen molar-refractivity contribution in [1.29, 1.82) is 0 Å². The van der Waals surface area contributed by atoms with E-state index in [1.165, 1.54) is 0 Å². The van der Waals surface area contributed by atoms with Crippen molar-refractivity contribution >= 4 is 16.9 Å². The Balaban J connectivity index is 2.56. The van der Waals surface area contributed by atoms with E-state index in [0.29, 0.717) is 6.04 Å². The topological polar surface area (TPSA) is 57.7 Å². The van der Waals surface area contributed by atoms with Crippen molar-refractivity contribution in [1.82, 2.24) is 20.2 Å². The van der Waals surface area contributed by atoms with Crippen molar-refractivity contribution in [2.75, 3.05) is 11.9 Å². The van der Waals surface area contributed by atoms with Crippen LogP contribution in [0.4, 0.5) is 5.82 Å². The summed E-state index contributed by atoms with van der Waals surface area (Å²) in [4.78, 5) is 10.4. The molecule has 0 spiro atoms. The predicted octanol–water partition coefficient (Wildman–Crippen LogP) is 1.20. The monoisotopic (exact) mass is 191 g/mol. The van der Waals surface area contributed by atoms with Crippen LogP contribution in [0.5, 0.6) is 0 Å². The van der Waals surface area contributed by atoms with Gasteiger partial charge in [-0.2, -0.15) is 5.10 Å². The molecule has 74 valence electrons. The van der Waals surface area contributed by atoms with Crippen molar-refractivity contribution in [2.24, 2.45) is 0 Å². The van der Waals surface area contributed by atoms with Gasteiger partial charge in [-0.05, 0) is 13.8 Å². The van der Waals surface area contributed by atoms with Crippen molar-refractivity contribution in [3.05, 3.63) is 12.5 Å². The molecule has 0 amide bonds. The van der Waals surface area contributed by atoms with Gasteiger partial charge in [0.1, 0.15) is 12.1 Å². The predicted molar refractivity (Wildman–Crippen MR) is 55.2 cm³/mol. The summed E-state index contributed by atoms with van der Waals surface area (Å²) >= 11 is 0. The molecule has 5 nitrogen and oxygen atoms in total. The fraction of sp³-hybridized carbons (Fsp3) is 0.444. The van der Waals surface area contributed by atoms with E-state index in [1.54, 1.807) is 12.5 Å². The zero-order chi connectivity index (χ0) is 10.1. The lowest BCUT2D eigenvalue weighted by Gasteiger charge is -2.22. The minimum atomic E-state index is 0.406. The molecule has 2 aromatic heterocycles. The molecule has 0 aromatic carbocycles. The zero-order valence-electron chi connectivity index (χ0n) is 8.52. The van der Waals surface area contributed by atoms with E-state index in [2.05, 4.69) is 38.9 Å². The number of nitrogens with one attached hydrogen (secondary N) is 1. The third-order valence-electron chi connectivity index (χ3n) is 2.34. The lowest BCUT2D eigenvalue weighted by Crippen LogP contribution is -2.26. The van der Waals surface area contributed by atoms with Crippen LogP contribution in [0.15, 0.2) is 12.5 Å². The highest BCUT2D eigenvalue weighted by Crippen LogP contribution is 2.20. The summed E-state index contributed by atoms with van der Waals surface area (Å²) in [5.74, 6) is 0.916. The molecule has 0 saturated carbocycles. The number of hydrogen-bond donors (Lipinski definition) is 1. The van der Waals surface area contributed by atoms with Crippen LogP contribution in [0, 0.1) is 0 Å². The molecule has 1 N–H and O–H groups in total. The van der Waals surface area contributed by atoms with Crippen molar-refractivity contribution < 1.29 is 0 Å². The third kappa shape index (κ3) is 1.30. The molecule has 2 rings (SSSR count). The Kier molecular flexibility index (Phi) is 2.07. The number of hydrogen-bond acceptors (Lipinski definition) is 4. The molecule has 14 heavy (non-hydrogen) atoms. The maximum Gasteiger partial charge on any atom is 0.160 e. The van der Waals surface area contributed by atoms with Gasteiger partial charge in [0.15, 0.2) is 5.65 Å². The van der Waals surface area contributed by atoms with Gasteiger partial charge in [0.2, 0.25) is 0 Å². The number of aromatic nitrogens is 4. The van der Waals surface area contributed by atoms with Crippen LogP contribution in [-0.2, 0) is 0 Å². The van der Waals surface area contributed by atoms with Gasteiger partial charge in [-0.3, -0.25) is 5.10 Å². The molecule has 0 fully saturated rings. The van der Waals surface area contributed by atoms with Crippen LogP contribution in [-0.4, -0.2) is 33.3 Å². The molecule has 2 aromatic rings. The maximum absolute atomic E-state index is 4.26. The molecule has 0 aliphatic carbocycles. The molecule has 0 unspecified atom stereocenters. The lowest BCUT2D eigenvalue weighted by atomic mass is 10.3. The van der Waals surface area contributed by atoms with Gasteiger partial charge in [-0.1, -0.05) is 0 Å². The Hall–Kier alpha value is -1.65. The van der Waals surface area contributed by atoms with Gasteiger partial charge in [-0.25, -0.2) is 9.97 Å². The Morgan fingerprint density at radius 2 is 2.14 bits per heavy atom. The normalized spacial score (nSPS) is 11.1. The number of anilines is 1. The molecule has 0 atom stereocenters. The number of fused-ring (bicyclic) bond motifs is 1. The Labute approximate surface area is 82.2 Å². The smallest absolute Gasteiger partial charge is 0.160 e. The van der Waals surface area contributed by atoms with Crippen LogP contribution in [0.25, 0.3) is 11.0 Å². The zero-order valence-corrected chi connectivity index (χ0v) is 8.52. The Morgan fingerprint density at radius 1 is 1.36 bits per heavy atom. The van der Waals surface area contributed by atoms with E-state index < -0.39 is 0 Å². The number of aromatic amines is 1. The van der Waals surface area contributed by atoms with E-state index in [9.17, 15) is 0 Å². The molecular formula is C9H13N5. The molecule has 2 heterocycles. The van der Waals surface area contributed by atoms with Crippen molar-refractivity contribution in [2.45, 2.75) is 19.9 Å². The van der Waals surface area contributed by atoms with E-state index in [-0.39, 0.29) is 0 Å². The van der Waals surface area contributed by atoms with Crippen LogP contribution in [0.1, 0.15) is 13.8 Å². The Morgan fingerprint density at radius 3 is 2.86 bits per heavy atom. The van der Waals surface area contributed by atoms with Gasteiger partial charge >= 0.3 is 0 Å². The second-order valence-corrected chi connectivity index (χ2v) is 3.53. The first-order valence-corrected chi connectivity index (χ1v) is 4.57. The highest BCUT2D eigenvalue weighted by atomic mass is 15.2. The summed E-state index contributed by atoms with van der Waals surface area (Å²) < 4.78 is 0. The summed E-state index contributed by atoms with van der Waals surface area (Å²) in [5.41, 5.74) is 0.780. The number of H-pyrrole nitrogens is 1. The summed E-state index contributed by atoms with van der Waals surface area (Å²) in [7, 11) is 2.01. The van der Waals surface area contributed by atoms with Crippen molar-refractivity contribution in [3.63, 3.8) is 0 Å². The van der Waals surface area contributed by atoms with E-state index in [1.807, 2.05) is 7.05 Å². The summed E-state index contributed by atoms with van der Waals surface area (Å²) in [6.07, 6.45) is 3.30. The average molecular weight is 191 g/mol. The molecule has 0 bridgehead atoms. The molecule has 5 heteroatoms. The second kappa shape index (κ2) is 3.25. The van der Waals surface area contributed by atoms with Crippen molar-refractivity contribution in [3.8, 4) is 0 Å². The van der Waals surface area contributed by atoms with Crippen LogP contribution in [0.2, 0.25) is 0 Å². The minimum Gasteiger partial charge on any atom is -0.357 e. The van der Waals surface area contributed by atoms with Gasteiger partial charge in [0, 0.05) is 13.1 Å². The van der Waals surface area contributed by atoms with E-state index in [0.717, 1.165) is 16.9 Å². The average Bonchev–Trinajstić information content (AvgIpc) is 2.63. The first-order chi connectivity index (χ1) is 6.70. The highest BCUT2D eigenvalue weighted by molar-refractivity contribution is 5.86. The fourth-order valence-corrected chi connectivity index (χ4v) is 1.28. The molecule has 0 radical (unpaired) electrons. The maximum atomic E-state index is 4.26. The standard InChI is InChI=1S/C9H13N5/c1-6(2)14(3)9-7-4-12-13-8(7)10-5-11-9/h4-6H,1-3H3,(H,10,11,12,13). The van der Waals surface area contributed by atoms with Gasteiger partial charge in [0.05, 0.1) is 11.6 Å². The second-order valence-electron chi connectivity index (χ2n) is 3.53. The summed E-state index contributed by atoms with van der Waals surface area (Å²) in [6, 6.07) is 0.406. The summed E-state index contributed by atoms with van der Waals surface area (Å²) in [5, 5.41) is 7.74. The van der Waals surface area contributed by atoms with Gasteiger partial charge < -0.3 is 4.90 Å². The molecule has 0 saturated heterocycles. The van der Waals surface area contributed by atoms with Crippen LogP contribution in [0.3, 0.4) is 0 Å². The fourth-order valence-electron chi connectivity index (χ4n) is 1.28. The van der Waals surface area contributed by atoms with Gasteiger partial charge in [-0.15, -0.1) is 0 Å². The molecule has 0 aliphatic rings. The van der Waals surface area contributed by atoms with E-state index in [4.69, 9.17) is 0 Å². The minimum absolute atomic E-state index is 0.406. The SMILES string of the molecule is CC(C)N(C)c1ncnc2[nH]ncc12. The van der Waals surface area contributed by atoms with Crippen LogP contribution >= 0.6 is 0 Å². The first kappa shape index (κ1) is 8.93. The highest BCUT2D eigenvalue weighted by Gasteiger charge is 2.11. The lowest BCUT2D eigenvalue weighted by molar-refractivity contribution is 0.745. The third-order valence-corrected chi connectivity index (χ3v) is 2.34. The molecular weight excluding hydrogens is 178 g/mol. The molecule has 0 aliphatic heterocycles. The summed E-state index contributed by atoms with van der Waals surface area (Å²) in [6.45, 7) is 4.24. The number of nitrogens with zero attached hydrogens (tertiary/aromatic N) is 4. The van der Waals surface area contributed by atoms with Crippen LogP contribution < -0.4 is 4.90 Å². The van der Waals surface area contributed by atoms with E-state index >= 15 is 0 Å². The quantitative estimate of drug-likeness (QED) is 0.774. The first-order valence-electron chi connectivity index (χ1n) is 4.57. The Bertz CT molecular complexity index is 433.